The van der Waals surface area contributed by atoms with Crippen LogP contribution in [-0.2, 0) is 0 Å². The lowest BCUT2D eigenvalue weighted by atomic mass is 9.93. The van der Waals surface area contributed by atoms with Crippen molar-refractivity contribution in [2.75, 3.05) is 0 Å². The molecule has 0 unspecified atom stereocenters. The maximum atomic E-state index is 4.93. The molecule has 2 heteroatoms. The second-order valence-electron chi connectivity index (χ2n) is 5.96. The summed E-state index contributed by atoms with van der Waals surface area (Å²) in [7, 11) is 0. The minimum absolute atomic E-state index is 0.476. The molecule has 2 nitrogen and oxygen atoms in total. The molecule has 1 heterocycles. The highest BCUT2D eigenvalue weighted by atomic mass is 14.8. The van der Waals surface area contributed by atoms with Crippen LogP contribution in [0.1, 0.15) is 64.0 Å². The highest BCUT2D eigenvalue weighted by Crippen LogP contribution is 2.35. The van der Waals surface area contributed by atoms with Crippen LogP contribution in [0.5, 0.6) is 0 Å². The Kier molecular flexibility index (Phi) is 4.53. The average molecular weight is 268 g/mol. The van der Waals surface area contributed by atoms with Crippen LogP contribution < -0.4 is 0 Å². The largest absolute Gasteiger partial charge is 0.259 e. The SMILES string of the molecule is CC(=Nc1c(C(C)C)cccc1C(C)C)C1=NC=CC1. The molecule has 1 aliphatic rings. The zero-order valence-corrected chi connectivity index (χ0v) is 13.1. The molecule has 2 rings (SSSR count). The predicted molar refractivity (Wildman–Crippen MR) is 88.6 cm³/mol. The third kappa shape index (κ3) is 3.06. The molecule has 0 N–H and O–H groups in total. The first-order valence-electron chi connectivity index (χ1n) is 7.40. The first kappa shape index (κ1) is 14.7. The molecule has 0 aromatic heterocycles. The van der Waals surface area contributed by atoms with E-state index in [4.69, 9.17) is 4.99 Å². The minimum Gasteiger partial charge on any atom is -0.259 e. The van der Waals surface area contributed by atoms with Crippen molar-refractivity contribution in [2.24, 2.45) is 9.98 Å². The van der Waals surface area contributed by atoms with Gasteiger partial charge < -0.3 is 0 Å². The summed E-state index contributed by atoms with van der Waals surface area (Å²) in [6, 6.07) is 6.53. The van der Waals surface area contributed by atoms with E-state index in [1.165, 1.54) is 11.1 Å². The summed E-state index contributed by atoms with van der Waals surface area (Å²) in [5, 5.41) is 0. The zero-order chi connectivity index (χ0) is 14.7. The fourth-order valence-corrected chi connectivity index (χ4v) is 2.47. The Morgan fingerprint density at radius 3 is 2.15 bits per heavy atom. The lowest BCUT2D eigenvalue weighted by molar-refractivity contribution is 0.835. The van der Waals surface area contributed by atoms with Crippen molar-refractivity contribution in [1.29, 1.82) is 0 Å². The van der Waals surface area contributed by atoms with Gasteiger partial charge in [0, 0.05) is 12.6 Å². The van der Waals surface area contributed by atoms with Gasteiger partial charge in [0.05, 0.1) is 17.1 Å². The Bertz CT molecular complexity index is 549. The van der Waals surface area contributed by atoms with Gasteiger partial charge in [-0.05, 0) is 29.9 Å². The topological polar surface area (TPSA) is 24.7 Å². The van der Waals surface area contributed by atoms with Crippen molar-refractivity contribution >= 4 is 17.1 Å². The van der Waals surface area contributed by atoms with Gasteiger partial charge in [-0.15, -0.1) is 0 Å². The molecule has 0 bridgehead atoms. The fourth-order valence-electron chi connectivity index (χ4n) is 2.47. The number of aliphatic imine (C=N–C) groups is 2. The van der Waals surface area contributed by atoms with E-state index in [-0.39, 0.29) is 0 Å². The number of allylic oxidation sites excluding steroid dienone is 1. The van der Waals surface area contributed by atoms with Gasteiger partial charge in [-0.1, -0.05) is 52.0 Å². The standard InChI is InChI=1S/C18H24N2/c1-12(2)15-8-6-9-16(13(3)4)18(15)20-14(5)17-10-7-11-19-17/h6-9,11-13H,10H2,1-5H3. The number of benzene rings is 1. The molecular formula is C18H24N2. The summed E-state index contributed by atoms with van der Waals surface area (Å²) < 4.78 is 0. The monoisotopic (exact) mass is 268 g/mol. The molecule has 0 spiro atoms. The maximum absolute atomic E-state index is 4.93. The molecule has 1 aromatic carbocycles. The van der Waals surface area contributed by atoms with Crippen LogP contribution in [0.2, 0.25) is 0 Å². The number of hydrogen-bond acceptors (Lipinski definition) is 2. The molecule has 1 aliphatic heterocycles. The minimum atomic E-state index is 0.476. The van der Waals surface area contributed by atoms with Crippen molar-refractivity contribution in [3.05, 3.63) is 41.6 Å². The lowest BCUT2D eigenvalue weighted by Crippen LogP contribution is -2.07. The quantitative estimate of drug-likeness (QED) is 0.655. The Labute approximate surface area is 122 Å². The summed E-state index contributed by atoms with van der Waals surface area (Å²) in [5.74, 6) is 0.952. The van der Waals surface area contributed by atoms with Crippen LogP contribution in [0.15, 0.2) is 40.5 Å². The van der Waals surface area contributed by atoms with Crippen LogP contribution in [0.3, 0.4) is 0 Å². The fraction of sp³-hybridized carbons (Fsp3) is 0.444. The molecule has 106 valence electrons. The molecule has 0 radical (unpaired) electrons. The van der Waals surface area contributed by atoms with E-state index in [9.17, 15) is 0 Å². The van der Waals surface area contributed by atoms with E-state index < -0.39 is 0 Å². The van der Waals surface area contributed by atoms with Gasteiger partial charge in [-0.25, -0.2) is 0 Å². The van der Waals surface area contributed by atoms with Crippen LogP contribution >= 0.6 is 0 Å². The summed E-state index contributed by atoms with van der Waals surface area (Å²) in [4.78, 5) is 9.32. The van der Waals surface area contributed by atoms with Gasteiger partial charge in [0.15, 0.2) is 0 Å². The molecule has 0 atom stereocenters. The van der Waals surface area contributed by atoms with Crippen molar-refractivity contribution in [1.82, 2.24) is 0 Å². The molecular weight excluding hydrogens is 244 g/mol. The van der Waals surface area contributed by atoms with E-state index in [1.54, 1.807) is 0 Å². The lowest BCUT2D eigenvalue weighted by Gasteiger charge is -2.17. The van der Waals surface area contributed by atoms with Gasteiger partial charge in [-0.2, -0.15) is 0 Å². The highest BCUT2D eigenvalue weighted by molar-refractivity contribution is 6.42. The average Bonchev–Trinajstić information content (AvgIpc) is 2.92. The van der Waals surface area contributed by atoms with Crippen molar-refractivity contribution in [3.8, 4) is 0 Å². The van der Waals surface area contributed by atoms with Gasteiger partial charge in [0.1, 0.15) is 0 Å². The van der Waals surface area contributed by atoms with E-state index in [0.29, 0.717) is 11.8 Å². The van der Waals surface area contributed by atoms with Gasteiger partial charge >= 0.3 is 0 Å². The van der Waals surface area contributed by atoms with E-state index in [0.717, 1.165) is 23.5 Å². The number of para-hydroxylation sites is 1. The number of rotatable bonds is 4. The number of nitrogens with zero attached hydrogens (tertiary/aromatic N) is 2. The Balaban J connectivity index is 2.50. The Morgan fingerprint density at radius 1 is 1.10 bits per heavy atom. The Morgan fingerprint density at radius 2 is 1.70 bits per heavy atom. The zero-order valence-electron chi connectivity index (χ0n) is 13.1. The predicted octanol–water partition coefficient (Wildman–Crippen LogP) is 5.38. The first-order chi connectivity index (χ1) is 9.50. The van der Waals surface area contributed by atoms with E-state index in [1.807, 2.05) is 6.20 Å². The summed E-state index contributed by atoms with van der Waals surface area (Å²) in [6.07, 6.45) is 4.84. The van der Waals surface area contributed by atoms with Crippen LogP contribution in [0.4, 0.5) is 5.69 Å². The molecule has 0 saturated carbocycles. The van der Waals surface area contributed by atoms with Gasteiger partial charge in [0.2, 0.25) is 0 Å². The van der Waals surface area contributed by atoms with Crippen LogP contribution in [0, 0.1) is 0 Å². The van der Waals surface area contributed by atoms with Crippen LogP contribution in [-0.4, -0.2) is 11.4 Å². The molecule has 0 amide bonds. The van der Waals surface area contributed by atoms with Crippen LogP contribution in [0.25, 0.3) is 0 Å². The first-order valence-corrected chi connectivity index (χ1v) is 7.40. The molecule has 20 heavy (non-hydrogen) atoms. The smallest absolute Gasteiger partial charge is 0.0702 e. The molecule has 0 fully saturated rings. The third-order valence-corrected chi connectivity index (χ3v) is 3.69. The maximum Gasteiger partial charge on any atom is 0.0702 e. The van der Waals surface area contributed by atoms with E-state index >= 15 is 0 Å². The van der Waals surface area contributed by atoms with Gasteiger partial charge in [0.25, 0.3) is 0 Å². The van der Waals surface area contributed by atoms with Crippen molar-refractivity contribution < 1.29 is 0 Å². The molecule has 1 aromatic rings. The van der Waals surface area contributed by atoms with Crippen molar-refractivity contribution in [2.45, 2.75) is 52.9 Å². The third-order valence-electron chi connectivity index (χ3n) is 3.69. The van der Waals surface area contributed by atoms with E-state index in [2.05, 4.69) is 63.9 Å². The summed E-state index contributed by atoms with van der Waals surface area (Å²) in [5.41, 5.74) is 5.90. The Hall–Kier alpha value is -1.70. The highest BCUT2D eigenvalue weighted by Gasteiger charge is 2.14. The van der Waals surface area contributed by atoms with Crippen molar-refractivity contribution in [3.63, 3.8) is 0 Å². The summed E-state index contributed by atoms with van der Waals surface area (Å²) >= 11 is 0. The normalized spacial score (nSPS) is 15.3. The molecule has 0 saturated heterocycles. The number of hydrogen-bond donors (Lipinski definition) is 0. The van der Waals surface area contributed by atoms with Gasteiger partial charge in [-0.3, -0.25) is 9.98 Å². The molecule has 0 aliphatic carbocycles. The summed E-state index contributed by atoms with van der Waals surface area (Å²) in [6.45, 7) is 11.0. The second-order valence-corrected chi connectivity index (χ2v) is 5.96. The second kappa shape index (κ2) is 6.17.